The highest BCUT2D eigenvalue weighted by Gasteiger charge is 2.69. The molecule has 6 rings (SSSR count). The molecule has 0 aromatic heterocycles. The molecule has 0 spiro atoms. The summed E-state index contributed by atoms with van der Waals surface area (Å²) in [7, 11) is -5.21. The van der Waals surface area contributed by atoms with E-state index >= 15 is 0 Å². The summed E-state index contributed by atoms with van der Waals surface area (Å²) in [5.74, 6) is -2.72. The summed E-state index contributed by atoms with van der Waals surface area (Å²) < 4.78 is 75.6. The van der Waals surface area contributed by atoms with Gasteiger partial charge in [0.1, 0.15) is 34.9 Å². The quantitative estimate of drug-likeness (QED) is 0.0629. The molecule has 3 atom stereocenters. The monoisotopic (exact) mass is 887 g/mol. The first-order chi connectivity index (χ1) is 28.7. The van der Waals surface area contributed by atoms with Crippen LogP contribution in [-0.2, 0) is 13.6 Å². The Morgan fingerprint density at radius 3 is 1.43 bits per heavy atom. The summed E-state index contributed by atoms with van der Waals surface area (Å²) in [5, 5.41) is 0. The lowest BCUT2D eigenvalue weighted by molar-refractivity contribution is -0.392. The van der Waals surface area contributed by atoms with Crippen LogP contribution in [0.15, 0.2) is 139 Å². The molecule has 0 aliphatic carbocycles. The molecule has 0 N–H and O–H groups in total. The van der Waals surface area contributed by atoms with Crippen LogP contribution in [0.3, 0.4) is 0 Å². The van der Waals surface area contributed by atoms with Crippen molar-refractivity contribution in [3.63, 3.8) is 0 Å². The molecule has 1 heterocycles. The molecule has 1 aliphatic heterocycles. The molecule has 1 aliphatic rings. The molecule has 5 aromatic carbocycles. The molecule has 5 aromatic rings. The normalized spacial score (nSPS) is 17.4. The molecule has 0 bridgehead atoms. The van der Waals surface area contributed by atoms with Gasteiger partial charge in [-0.1, -0.05) is 60.7 Å². The van der Waals surface area contributed by atoms with Gasteiger partial charge in [-0.2, -0.15) is 9.03 Å². The SMILES string of the molecule is Cc1cccc(OCC(Oc2cccc(C)c2)(OP2(OC(C)C)=NP=NP=N[P+](OC(C)C)=N2)C(Oc2cccc(C)c2)(Oc2cccc(C)c2)Oc2cccc(C)c2)c1. The van der Waals surface area contributed by atoms with Gasteiger partial charge in [0.05, 0.1) is 6.10 Å². The summed E-state index contributed by atoms with van der Waals surface area (Å²) in [6, 6.07) is 37.8. The van der Waals surface area contributed by atoms with E-state index in [1.165, 1.54) is 0 Å². The van der Waals surface area contributed by atoms with E-state index in [4.69, 9.17) is 46.3 Å². The van der Waals surface area contributed by atoms with Crippen LogP contribution in [0.2, 0.25) is 0 Å². The lowest BCUT2D eigenvalue weighted by atomic mass is 10.1. The molecule has 60 heavy (non-hydrogen) atoms. The Hall–Kier alpha value is -4.49. The van der Waals surface area contributed by atoms with Crippen molar-refractivity contribution in [2.75, 3.05) is 6.61 Å². The third kappa shape index (κ3) is 12.3. The van der Waals surface area contributed by atoms with E-state index in [0.717, 1.165) is 27.8 Å². The molecule has 3 unspecified atom stereocenters. The van der Waals surface area contributed by atoms with Gasteiger partial charge in [0.25, 0.3) is 0 Å². The van der Waals surface area contributed by atoms with Gasteiger partial charge in [-0.15, -0.1) is 4.52 Å². The van der Waals surface area contributed by atoms with Gasteiger partial charge in [-0.25, -0.2) is 4.52 Å². The highest BCUT2D eigenvalue weighted by molar-refractivity contribution is 7.66. The van der Waals surface area contributed by atoms with Gasteiger partial charge >= 0.3 is 27.5 Å². The van der Waals surface area contributed by atoms with E-state index in [1.54, 1.807) is 0 Å². The predicted molar refractivity (Wildman–Crippen MR) is 240 cm³/mol. The molecule has 12 nitrogen and oxygen atoms in total. The van der Waals surface area contributed by atoms with Crippen molar-refractivity contribution in [3.05, 3.63) is 149 Å². The molecular formula is C44H51N4O8P4+. The predicted octanol–water partition coefficient (Wildman–Crippen LogP) is 14.7. The summed E-state index contributed by atoms with van der Waals surface area (Å²) in [6.07, 6.45) is -0.710. The second-order valence-electron chi connectivity index (χ2n) is 14.8. The maximum absolute atomic E-state index is 7.53. The van der Waals surface area contributed by atoms with Crippen molar-refractivity contribution in [1.29, 1.82) is 0 Å². The summed E-state index contributed by atoms with van der Waals surface area (Å²) in [4.78, 5) is 0. The fourth-order valence-electron chi connectivity index (χ4n) is 5.90. The number of nitrogens with zero attached hydrogens (tertiary/aromatic N) is 4. The van der Waals surface area contributed by atoms with Crippen LogP contribution in [-0.4, -0.2) is 30.6 Å². The van der Waals surface area contributed by atoms with Crippen LogP contribution in [0.1, 0.15) is 55.5 Å². The maximum atomic E-state index is 7.53. The number of ether oxygens (including phenoxy) is 5. The zero-order chi connectivity index (χ0) is 42.8. The molecule has 0 radical (unpaired) electrons. The van der Waals surface area contributed by atoms with Gasteiger partial charge in [0.15, 0.2) is 15.1 Å². The standard InChI is InChI=1S/C44H51N4O8P4/c1-31(2)54-59-46-57-45-58-47-60(48-59,55-32(3)4)56-43(50-39-21-11-16-34(6)26-39,30-49-38-20-10-15-33(5)25-38)44(51-40-22-12-17-35(7)27-40,52-41-23-13-18-36(8)28-41)53-42-24-14-19-37(9)29-42/h10-29,31-32H,30H2,1-9H3/q+1. The second kappa shape index (κ2) is 20.4. The number of rotatable bonds is 18. The third-order valence-corrected chi connectivity index (χ3v) is 14.5. The van der Waals surface area contributed by atoms with Gasteiger partial charge in [-0.05, 0) is 151 Å². The van der Waals surface area contributed by atoms with Gasteiger partial charge in [-0.3, -0.25) is 0 Å². The van der Waals surface area contributed by atoms with Crippen molar-refractivity contribution in [1.82, 2.24) is 0 Å². The minimum atomic E-state index is -3.97. The van der Waals surface area contributed by atoms with E-state index in [-0.39, 0.29) is 14.6 Å². The van der Waals surface area contributed by atoms with Crippen molar-refractivity contribution in [2.24, 2.45) is 18.1 Å². The van der Waals surface area contributed by atoms with E-state index in [0.29, 0.717) is 37.3 Å². The van der Waals surface area contributed by atoms with Crippen LogP contribution in [0.5, 0.6) is 28.7 Å². The van der Waals surface area contributed by atoms with E-state index in [9.17, 15) is 0 Å². The van der Waals surface area contributed by atoms with Crippen LogP contribution in [0.25, 0.3) is 0 Å². The number of hydrogen-bond acceptors (Lipinski definition) is 12. The number of hydrogen-bond donors (Lipinski definition) is 0. The van der Waals surface area contributed by atoms with E-state index < -0.39 is 40.2 Å². The van der Waals surface area contributed by atoms with Crippen LogP contribution < -0.4 is 23.7 Å². The first-order valence-electron chi connectivity index (χ1n) is 19.5. The third-order valence-electron chi connectivity index (χ3n) is 8.34. The van der Waals surface area contributed by atoms with Crippen LogP contribution in [0.4, 0.5) is 0 Å². The molecule has 0 amide bonds. The highest BCUT2D eigenvalue weighted by Crippen LogP contribution is 2.66. The molecule has 314 valence electrons. The Morgan fingerprint density at radius 2 is 1.00 bits per heavy atom. The molecule has 0 fully saturated rings. The van der Waals surface area contributed by atoms with Gasteiger partial charge in [0, 0.05) is 9.03 Å². The van der Waals surface area contributed by atoms with Gasteiger partial charge < -0.3 is 28.2 Å². The molecular weight excluding hydrogens is 836 g/mol. The maximum Gasteiger partial charge on any atom is 0.548 e. The molecule has 0 saturated carbocycles. The largest absolute Gasteiger partial charge is 0.548 e. The minimum Gasteiger partial charge on any atom is -0.486 e. The zero-order valence-corrected chi connectivity index (χ0v) is 38.8. The minimum absolute atomic E-state index is 0.243. The molecule has 0 saturated heterocycles. The lowest BCUT2D eigenvalue weighted by Crippen LogP contribution is -2.71. The highest BCUT2D eigenvalue weighted by atomic mass is 31.2. The Balaban J connectivity index is 1.76. The fraction of sp³-hybridized carbons (Fsp3) is 0.318. The van der Waals surface area contributed by atoms with Crippen molar-refractivity contribution in [2.45, 2.75) is 86.3 Å². The topological polar surface area (TPSA) is 123 Å². The number of benzene rings is 5. The Bertz CT molecular complexity index is 2290. The average Bonchev–Trinajstić information content (AvgIpc) is 3.15. The summed E-state index contributed by atoms with van der Waals surface area (Å²) in [6.45, 7) is 17.0. The number of aryl methyl sites for hydroxylation is 5. The first-order valence-corrected chi connectivity index (χ1v) is 23.8. The second-order valence-corrected chi connectivity index (χ2v) is 20.1. The van der Waals surface area contributed by atoms with Crippen molar-refractivity contribution in [3.8, 4) is 28.7 Å². The van der Waals surface area contributed by atoms with Crippen LogP contribution in [0, 0.1) is 34.6 Å². The lowest BCUT2D eigenvalue weighted by Gasteiger charge is -2.46. The van der Waals surface area contributed by atoms with Crippen molar-refractivity contribution >= 4 is 32.8 Å². The summed E-state index contributed by atoms with van der Waals surface area (Å²) in [5.41, 5.74) is 4.65. The Morgan fingerprint density at radius 1 is 0.567 bits per heavy atom. The van der Waals surface area contributed by atoms with E-state index in [2.05, 4.69) is 9.03 Å². The first kappa shape index (κ1) is 45.0. The Kier molecular flexibility index (Phi) is 15.3. The van der Waals surface area contributed by atoms with E-state index in [1.807, 2.05) is 184 Å². The zero-order valence-electron chi connectivity index (χ0n) is 35.3. The van der Waals surface area contributed by atoms with Gasteiger partial charge in [0.2, 0.25) is 8.52 Å². The average molecular weight is 888 g/mol. The smallest absolute Gasteiger partial charge is 0.486 e. The molecule has 16 heteroatoms. The van der Waals surface area contributed by atoms with Crippen molar-refractivity contribution < 1.29 is 37.3 Å². The summed E-state index contributed by atoms with van der Waals surface area (Å²) >= 11 is 0. The fourth-order valence-corrected chi connectivity index (χ4v) is 11.9. The van der Waals surface area contributed by atoms with Crippen LogP contribution >= 0.6 is 32.8 Å². The Labute approximate surface area is 357 Å².